The highest BCUT2D eigenvalue weighted by atomic mass is 19.1. The van der Waals surface area contributed by atoms with Crippen molar-refractivity contribution in [3.8, 4) is 0 Å². The van der Waals surface area contributed by atoms with E-state index >= 15 is 4.39 Å². The highest BCUT2D eigenvalue weighted by Gasteiger charge is 2.24. The molecule has 1 aliphatic carbocycles. The number of nitrogens with zero attached hydrogens (tertiary/aromatic N) is 5. The minimum atomic E-state index is -0.500. The number of aromatic amines is 1. The number of likely N-dealkylation sites (N-methyl/N-ethyl adjacent to an activating group) is 1. The maximum Gasteiger partial charge on any atom is 0.258 e. The van der Waals surface area contributed by atoms with Gasteiger partial charge in [0.15, 0.2) is 0 Å². The van der Waals surface area contributed by atoms with E-state index in [-0.39, 0.29) is 35.2 Å². The summed E-state index contributed by atoms with van der Waals surface area (Å²) in [6, 6.07) is 2.84. The van der Waals surface area contributed by atoms with Gasteiger partial charge in [-0.25, -0.2) is 18.7 Å². The number of benzene rings is 1. The average Bonchev–Trinajstić information content (AvgIpc) is 3.38. The molecule has 0 radical (unpaired) electrons. The van der Waals surface area contributed by atoms with Crippen LogP contribution in [-0.4, -0.2) is 89.4 Å². The molecule has 1 aromatic carbocycles. The fraction of sp³-hybridized carbons (Fsp3) is 0.485. The number of carbonyl (C=O) groups is 1. The molecule has 1 fully saturated rings. The van der Waals surface area contributed by atoms with Crippen LogP contribution in [0, 0.1) is 24.5 Å². The zero-order chi connectivity index (χ0) is 30.7. The van der Waals surface area contributed by atoms with Gasteiger partial charge in [-0.3, -0.25) is 9.69 Å². The van der Waals surface area contributed by atoms with Crippen LogP contribution in [0.4, 0.5) is 14.6 Å². The normalized spacial score (nSPS) is 21.0. The lowest BCUT2D eigenvalue weighted by atomic mass is 9.91. The van der Waals surface area contributed by atoms with Crippen LogP contribution in [0.3, 0.4) is 0 Å². The summed E-state index contributed by atoms with van der Waals surface area (Å²) in [5, 5.41) is 3.67. The molecule has 5 rings (SSSR count). The molecule has 3 aromatic rings. The lowest BCUT2D eigenvalue weighted by Gasteiger charge is -2.34. The minimum absolute atomic E-state index is 0.165. The molecular formula is C33H43F2N7O. The van der Waals surface area contributed by atoms with Crippen LogP contribution in [0.2, 0.25) is 0 Å². The van der Waals surface area contributed by atoms with Crippen LogP contribution in [0.25, 0.3) is 10.9 Å². The fourth-order valence-corrected chi connectivity index (χ4v) is 5.97. The molecule has 10 heteroatoms. The lowest BCUT2D eigenvalue weighted by Crippen LogP contribution is -2.45. The number of rotatable bonds is 8. The monoisotopic (exact) mass is 591 g/mol. The Balaban J connectivity index is 1.40. The van der Waals surface area contributed by atoms with Crippen molar-refractivity contribution in [1.82, 2.24) is 29.7 Å². The molecule has 1 unspecified atom stereocenters. The molecule has 8 nitrogen and oxygen atoms in total. The van der Waals surface area contributed by atoms with Gasteiger partial charge in [0.1, 0.15) is 29.3 Å². The SMILES string of the molecule is Cc1cc2c(F)c(CCc3ncnc(N/C4=C/C=C(/CN5CCN(C)CC5)C(C)CCC4)c3C(=O)N(C)C)cc(F)c2[nH]1. The molecule has 2 N–H and O–H groups in total. The third kappa shape index (κ3) is 7.13. The Labute approximate surface area is 252 Å². The number of aryl methyl sites for hydroxylation is 3. The predicted molar refractivity (Wildman–Crippen MR) is 167 cm³/mol. The lowest BCUT2D eigenvalue weighted by molar-refractivity contribution is 0.0826. The summed E-state index contributed by atoms with van der Waals surface area (Å²) < 4.78 is 30.1. The van der Waals surface area contributed by atoms with Gasteiger partial charge in [0.05, 0.1) is 11.2 Å². The number of fused-ring (bicyclic) bond motifs is 1. The summed E-state index contributed by atoms with van der Waals surface area (Å²) >= 11 is 0. The van der Waals surface area contributed by atoms with Crippen molar-refractivity contribution in [2.45, 2.75) is 46.0 Å². The van der Waals surface area contributed by atoms with Crippen LogP contribution >= 0.6 is 0 Å². The highest BCUT2D eigenvalue weighted by Crippen LogP contribution is 2.29. The Morgan fingerprint density at radius 1 is 1.12 bits per heavy atom. The van der Waals surface area contributed by atoms with Gasteiger partial charge in [-0.15, -0.1) is 0 Å². The molecule has 1 aliphatic heterocycles. The predicted octanol–water partition coefficient (Wildman–Crippen LogP) is 5.32. The van der Waals surface area contributed by atoms with E-state index in [1.807, 2.05) is 0 Å². The second-order valence-electron chi connectivity index (χ2n) is 12.2. The van der Waals surface area contributed by atoms with E-state index < -0.39 is 11.6 Å². The summed E-state index contributed by atoms with van der Waals surface area (Å²) in [4.78, 5) is 31.6. The van der Waals surface area contributed by atoms with Crippen molar-refractivity contribution in [3.05, 3.63) is 76.0 Å². The Kier molecular flexibility index (Phi) is 9.56. The number of halogens is 2. The number of amides is 1. The first-order valence-corrected chi connectivity index (χ1v) is 15.2. The summed E-state index contributed by atoms with van der Waals surface area (Å²) in [5.74, 6) is -0.260. The second kappa shape index (κ2) is 13.3. The van der Waals surface area contributed by atoms with Gasteiger partial charge in [0, 0.05) is 63.6 Å². The first kappa shape index (κ1) is 30.8. The molecule has 0 spiro atoms. The summed E-state index contributed by atoms with van der Waals surface area (Å²) in [6.45, 7) is 9.36. The number of nitrogens with one attached hydrogen (secondary N) is 2. The van der Waals surface area contributed by atoms with Crippen molar-refractivity contribution in [3.63, 3.8) is 0 Å². The number of H-pyrrole nitrogens is 1. The van der Waals surface area contributed by atoms with E-state index in [0.717, 1.165) is 57.7 Å². The Hall–Kier alpha value is -3.63. The van der Waals surface area contributed by atoms with E-state index in [1.165, 1.54) is 22.9 Å². The van der Waals surface area contributed by atoms with Gasteiger partial charge >= 0.3 is 0 Å². The maximum atomic E-state index is 15.3. The zero-order valence-electron chi connectivity index (χ0n) is 25.9. The number of allylic oxidation sites excluding steroid dienone is 3. The minimum Gasteiger partial charge on any atom is -0.356 e. The second-order valence-corrected chi connectivity index (χ2v) is 12.2. The van der Waals surface area contributed by atoms with Crippen LogP contribution in [-0.2, 0) is 12.8 Å². The third-order valence-electron chi connectivity index (χ3n) is 8.68. The van der Waals surface area contributed by atoms with Gasteiger partial charge in [0.2, 0.25) is 0 Å². The first-order chi connectivity index (χ1) is 20.6. The van der Waals surface area contributed by atoms with Crippen molar-refractivity contribution < 1.29 is 13.6 Å². The molecule has 0 bridgehead atoms. The maximum absolute atomic E-state index is 15.3. The summed E-state index contributed by atoms with van der Waals surface area (Å²) in [6.07, 6.45) is 9.16. The molecule has 0 saturated carbocycles. The average molecular weight is 592 g/mol. The Bertz CT molecular complexity index is 1540. The highest BCUT2D eigenvalue weighted by molar-refractivity contribution is 5.99. The molecule has 1 atom stereocenters. The molecule has 43 heavy (non-hydrogen) atoms. The Morgan fingerprint density at radius 2 is 1.88 bits per heavy atom. The Morgan fingerprint density at radius 3 is 2.63 bits per heavy atom. The molecule has 230 valence electrons. The molecule has 3 heterocycles. The molecule has 1 amide bonds. The number of piperazine rings is 1. The van der Waals surface area contributed by atoms with E-state index in [2.05, 4.69) is 56.2 Å². The van der Waals surface area contributed by atoms with Crippen LogP contribution in [0.15, 0.2) is 41.9 Å². The zero-order valence-corrected chi connectivity index (χ0v) is 25.9. The van der Waals surface area contributed by atoms with E-state index in [4.69, 9.17) is 0 Å². The smallest absolute Gasteiger partial charge is 0.258 e. The summed E-state index contributed by atoms with van der Waals surface area (Å²) in [5.41, 5.74) is 4.35. The van der Waals surface area contributed by atoms with Gasteiger partial charge in [-0.05, 0) is 75.8 Å². The van der Waals surface area contributed by atoms with E-state index in [0.29, 0.717) is 28.7 Å². The molecule has 2 aliphatic rings. The first-order valence-electron chi connectivity index (χ1n) is 15.2. The quantitative estimate of drug-likeness (QED) is 0.369. The molecule has 2 aromatic heterocycles. The largest absolute Gasteiger partial charge is 0.356 e. The van der Waals surface area contributed by atoms with Crippen LogP contribution < -0.4 is 5.32 Å². The molecule has 1 saturated heterocycles. The van der Waals surface area contributed by atoms with Gasteiger partial charge in [-0.1, -0.05) is 18.6 Å². The number of hydrogen-bond acceptors (Lipinski definition) is 6. The number of hydrogen-bond donors (Lipinski definition) is 2. The topological polar surface area (TPSA) is 80.4 Å². The van der Waals surface area contributed by atoms with Gasteiger partial charge in [0.25, 0.3) is 5.91 Å². The molecular weight excluding hydrogens is 548 g/mol. The number of carbonyl (C=O) groups excluding carboxylic acids is 1. The standard InChI is InChI=1S/C33H43F2N7O/c1-21-7-6-8-25(11-9-24(21)19-42-15-13-41(5)14-16-42)39-32-29(33(43)40(3)4)28(36-20-37-32)12-10-23-18-27(34)31-26(30(23)35)17-22(2)38-31/h9,11,17-18,20-21,38H,6-8,10,12-16,19H2,1-5H3,(H,36,37,39)/b24-9-,25-11+. The number of anilines is 1. The van der Waals surface area contributed by atoms with Crippen molar-refractivity contribution in [1.29, 1.82) is 0 Å². The third-order valence-corrected chi connectivity index (χ3v) is 8.68. The number of aromatic nitrogens is 3. The van der Waals surface area contributed by atoms with E-state index in [9.17, 15) is 9.18 Å². The fourth-order valence-electron chi connectivity index (χ4n) is 5.97. The van der Waals surface area contributed by atoms with Crippen LogP contribution in [0.5, 0.6) is 0 Å². The van der Waals surface area contributed by atoms with Gasteiger partial charge in [-0.2, -0.15) is 0 Å². The van der Waals surface area contributed by atoms with E-state index in [1.54, 1.807) is 27.1 Å². The van der Waals surface area contributed by atoms with Crippen LogP contribution in [0.1, 0.15) is 53.5 Å². The van der Waals surface area contributed by atoms with Gasteiger partial charge < -0.3 is 20.1 Å². The van der Waals surface area contributed by atoms with Crippen molar-refractivity contribution in [2.24, 2.45) is 5.92 Å². The summed E-state index contributed by atoms with van der Waals surface area (Å²) in [7, 11) is 5.54. The van der Waals surface area contributed by atoms with Crippen molar-refractivity contribution >= 4 is 22.6 Å². The van der Waals surface area contributed by atoms with Crippen molar-refractivity contribution in [2.75, 3.05) is 59.2 Å².